The lowest BCUT2D eigenvalue weighted by molar-refractivity contribution is -0.221. The topological polar surface area (TPSA) is 141 Å². The van der Waals surface area contributed by atoms with Crippen LogP contribution in [0.25, 0.3) is 0 Å². The second kappa shape index (κ2) is 9.33. The Morgan fingerprint density at radius 1 is 1.06 bits per heavy atom. The fourth-order valence-corrected chi connectivity index (χ4v) is 4.57. The minimum absolute atomic E-state index is 0.221. The SMILES string of the molecule is CC1(C)OC2OC(C(COS(C)(=O)=O)OS(C)(=O)=O)C(COC(=O)c3ccccc3)C2O1. The summed E-state index contributed by atoms with van der Waals surface area (Å²) in [5.41, 5.74) is 0.327. The van der Waals surface area contributed by atoms with Gasteiger partial charge in [-0.15, -0.1) is 0 Å². The Labute approximate surface area is 187 Å². The fraction of sp³-hybridized carbons (Fsp3) is 0.632. The maximum Gasteiger partial charge on any atom is 0.338 e. The molecule has 0 N–H and O–H groups in total. The van der Waals surface area contributed by atoms with E-state index in [1.807, 2.05) is 0 Å². The van der Waals surface area contributed by atoms with Gasteiger partial charge >= 0.3 is 5.97 Å². The van der Waals surface area contributed by atoms with Gasteiger partial charge in [0.25, 0.3) is 20.2 Å². The number of fused-ring (bicyclic) bond motifs is 1. The monoisotopic (exact) mass is 494 g/mol. The Hall–Kier alpha value is -1.61. The highest BCUT2D eigenvalue weighted by molar-refractivity contribution is 7.86. The average molecular weight is 495 g/mol. The molecule has 0 aromatic heterocycles. The summed E-state index contributed by atoms with van der Waals surface area (Å²) in [6.45, 7) is 2.49. The van der Waals surface area contributed by atoms with Crippen LogP contribution in [0.5, 0.6) is 0 Å². The van der Waals surface area contributed by atoms with Crippen LogP contribution in [-0.4, -0.2) is 78.9 Å². The molecule has 2 fully saturated rings. The molecule has 0 amide bonds. The van der Waals surface area contributed by atoms with Crippen LogP contribution in [0.15, 0.2) is 30.3 Å². The van der Waals surface area contributed by atoms with Gasteiger partial charge in [0, 0.05) is 0 Å². The maximum absolute atomic E-state index is 12.4. The van der Waals surface area contributed by atoms with Crippen LogP contribution in [0.2, 0.25) is 0 Å². The quantitative estimate of drug-likeness (QED) is 0.353. The highest BCUT2D eigenvalue weighted by atomic mass is 32.2. The van der Waals surface area contributed by atoms with Crippen molar-refractivity contribution in [3.63, 3.8) is 0 Å². The van der Waals surface area contributed by atoms with Gasteiger partial charge in [-0.05, 0) is 26.0 Å². The van der Waals surface area contributed by atoms with Gasteiger partial charge in [0.15, 0.2) is 12.1 Å². The molecule has 11 nitrogen and oxygen atoms in total. The number of esters is 1. The second-order valence-electron chi connectivity index (χ2n) is 8.03. The highest BCUT2D eigenvalue weighted by Gasteiger charge is 2.57. The minimum Gasteiger partial charge on any atom is -0.462 e. The molecule has 2 heterocycles. The molecule has 0 radical (unpaired) electrons. The third-order valence-corrected chi connectivity index (χ3v) is 5.91. The Morgan fingerprint density at radius 3 is 2.31 bits per heavy atom. The van der Waals surface area contributed by atoms with Gasteiger partial charge in [0.05, 0.1) is 43.3 Å². The third kappa shape index (κ3) is 6.70. The number of hydrogen-bond acceptors (Lipinski definition) is 11. The van der Waals surface area contributed by atoms with Gasteiger partial charge in [-0.2, -0.15) is 16.8 Å². The van der Waals surface area contributed by atoms with Crippen LogP contribution in [0.4, 0.5) is 0 Å². The maximum atomic E-state index is 12.4. The first-order chi connectivity index (χ1) is 14.7. The number of carbonyl (C=O) groups is 1. The number of benzene rings is 1. The van der Waals surface area contributed by atoms with Crippen LogP contribution in [-0.2, 0) is 47.5 Å². The summed E-state index contributed by atoms with van der Waals surface area (Å²) >= 11 is 0. The van der Waals surface area contributed by atoms with Crippen molar-refractivity contribution >= 4 is 26.2 Å². The average Bonchev–Trinajstić information content (AvgIpc) is 3.14. The zero-order chi connectivity index (χ0) is 23.7. The van der Waals surface area contributed by atoms with Gasteiger partial charge in [0.2, 0.25) is 0 Å². The lowest BCUT2D eigenvalue weighted by atomic mass is 9.95. The number of rotatable bonds is 9. The summed E-state index contributed by atoms with van der Waals surface area (Å²) in [5, 5.41) is 0. The largest absolute Gasteiger partial charge is 0.462 e. The molecule has 0 aliphatic carbocycles. The Morgan fingerprint density at radius 2 is 1.72 bits per heavy atom. The predicted molar refractivity (Wildman–Crippen MR) is 109 cm³/mol. The first kappa shape index (κ1) is 25.0. The summed E-state index contributed by atoms with van der Waals surface area (Å²) in [6, 6.07) is 8.29. The van der Waals surface area contributed by atoms with E-state index in [-0.39, 0.29) is 6.61 Å². The van der Waals surface area contributed by atoms with Crippen molar-refractivity contribution in [1.82, 2.24) is 0 Å². The first-order valence-electron chi connectivity index (χ1n) is 9.70. The molecule has 13 heteroatoms. The van der Waals surface area contributed by atoms with Crippen molar-refractivity contribution in [2.45, 2.75) is 44.2 Å². The van der Waals surface area contributed by atoms with Crippen LogP contribution in [0, 0.1) is 5.92 Å². The van der Waals surface area contributed by atoms with E-state index in [0.29, 0.717) is 5.56 Å². The molecule has 0 spiro atoms. The molecule has 5 unspecified atom stereocenters. The summed E-state index contributed by atoms with van der Waals surface area (Å²) in [4.78, 5) is 12.4. The van der Waals surface area contributed by atoms with Crippen LogP contribution in [0.1, 0.15) is 24.2 Å². The molecule has 0 bridgehead atoms. The van der Waals surface area contributed by atoms with E-state index in [1.54, 1.807) is 44.2 Å². The van der Waals surface area contributed by atoms with Crippen molar-refractivity contribution in [3.8, 4) is 0 Å². The van der Waals surface area contributed by atoms with E-state index < -0.39 is 69.1 Å². The molecule has 2 aliphatic heterocycles. The number of ether oxygens (including phenoxy) is 4. The van der Waals surface area contributed by atoms with Crippen LogP contribution < -0.4 is 0 Å². The van der Waals surface area contributed by atoms with Crippen molar-refractivity contribution in [2.24, 2.45) is 5.92 Å². The van der Waals surface area contributed by atoms with Gasteiger partial charge in [-0.1, -0.05) is 18.2 Å². The normalized spacial score (nSPS) is 28.2. The van der Waals surface area contributed by atoms with E-state index in [2.05, 4.69) is 0 Å². The fourth-order valence-electron chi connectivity index (χ4n) is 3.57. The van der Waals surface area contributed by atoms with Gasteiger partial charge < -0.3 is 18.9 Å². The third-order valence-electron chi connectivity index (χ3n) is 4.75. The summed E-state index contributed by atoms with van der Waals surface area (Å²) < 4.78 is 79.2. The molecule has 1 aromatic rings. The molecule has 2 saturated heterocycles. The lowest BCUT2D eigenvalue weighted by Gasteiger charge is -2.29. The summed E-state index contributed by atoms with van der Waals surface area (Å²) in [6.07, 6.45) is -2.41. The van der Waals surface area contributed by atoms with Crippen LogP contribution in [0.3, 0.4) is 0 Å². The molecule has 32 heavy (non-hydrogen) atoms. The zero-order valence-electron chi connectivity index (χ0n) is 18.0. The highest BCUT2D eigenvalue weighted by Crippen LogP contribution is 2.42. The standard InChI is InChI=1S/C19H26O11S2/c1-19(2)28-16-13(10-25-17(20)12-8-6-5-7-9-12)15(27-18(16)29-19)14(30-32(4,23)24)11-26-31(3,21)22/h5-9,13-16,18H,10-11H2,1-4H3. The summed E-state index contributed by atoms with van der Waals surface area (Å²) in [7, 11) is -7.92. The van der Waals surface area contributed by atoms with Crippen molar-refractivity contribution in [3.05, 3.63) is 35.9 Å². The van der Waals surface area contributed by atoms with Crippen molar-refractivity contribution in [2.75, 3.05) is 25.7 Å². The predicted octanol–water partition coefficient (Wildman–Crippen LogP) is 0.657. The number of carbonyl (C=O) groups excluding carboxylic acids is 1. The molecule has 3 rings (SSSR count). The van der Waals surface area contributed by atoms with Crippen LogP contribution >= 0.6 is 0 Å². The van der Waals surface area contributed by atoms with E-state index in [1.165, 1.54) is 0 Å². The summed E-state index contributed by atoms with van der Waals surface area (Å²) in [5.74, 6) is -2.32. The molecule has 5 atom stereocenters. The van der Waals surface area contributed by atoms with Gasteiger partial charge in [-0.3, -0.25) is 8.37 Å². The van der Waals surface area contributed by atoms with E-state index in [0.717, 1.165) is 12.5 Å². The Balaban J connectivity index is 1.82. The minimum atomic E-state index is -4.02. The zero-order valence-corrected chi connectivity index (χ0v) is 19.6. The smallest absolute Gasteiger partial charge is 0.338 e. The van der Waals surface area contributed by atoms with Crippen molar-refractivity contribution < 1.29 is 48.9 Å². The molecule has 180 valence electrons. The van der Waals surface area contributed by atoms with Gasteiger partial charge in [0.1, 0.15) is 12.2 Å². The first-order valence-corrected chi connectivity index (χ1v) is 13.3. The second-order valence-corrected chi connectivity index (χ2v) is 11.3. The lowest BCUT2D eigenvalue weighted by Crippen LogP contribution is -2.44. The van der Waals surface area contributed by atoms with E-state index in [4.69, 9.17) is 27.3 Å². The van der Waals surface area contributed by atoms with E-state index in [9.17, 15) is 21.6 Å². The Bertz CT molecular complexity index is 1020. The van der Waals surface area contributed by atoms with Crippen molar-refractivity contribution in [1.29, 1.82) is 0 Å². The molecule has 0 saturated carbocycles. The number of hydrogen-bond donors (Lipinski definition) is 0. The molecular weight excluding hydrogens is 468 g/mol. The molecular formula is C19H26O11S2. The Kier molecular flexibility index (Phi) is 7.29. The van der Waals surface area contributed by atoms with E-state index >= 15 is 0 Å². The molecule has 1 aromatic carbocycles. The van der Waals surface area contributed by atoms with Gasteiger partial charge in [-0.25, -0.2) is 4.79 Å². The molecule has 2 aliphatic rings.